The summed E-state index contributed by atoms with van der Waals surface area (Å²) < 4.78 is 0. The molecule has 2 aromatic heterocycles. The van der Waals surface area contributed by atoms with E-state index in [0.717, 1.165) is 54.5 Å². The van der Waals surface area contributed by atoms with E-state index in [1.165, 1.54) is 10.4 Å². The molecule has 0 bridgehead atoms. The molecule has 0 radical (unpaired) electrons. The van der Waals surface area contributed by atoms with Crippen LogP contribution in [0.5, 0.6) is 0 Å². The van der Waals surface area contributed by atoms with E-state index < -0.39 is 0 Å². The van der Waals surface area contributed by atoms with Crippen LogP contribution in [0.25, 0.3) is 10.2 Å². The van der Waals surface area contributed by atoms with Crippen molar-refractivity contribution in [3.05, 3.63) is 46.8 Å². The Labute approximate surface area is 153 Å². The summed E-state index contributed by atoms with van der Waals surface area (Å²) in [6, 6.07) is 12.8. The highest BCUT2D eigenvalue weighted by Gasteiger charge is 2.13. The number of thiophene rings is 1. The Bertz CT molecular complexity index is 809. The van der Waals surface area contributed by atoms with Crippen LogP contribution in [0.15, 0.2) is 36.4 Å². The van der Waals surface area contributed by atoms with Gasteiger partial charge in [0.2, 0.25) is 5.95 Å². The molecule has 3 aromatic rings. The van der Waals surface area contributed by atoms with Crippen molar-refractivity contribution < 1.29 is 0 Å². The molecule has 0 unspecified atom stereocenters. The molecule has 3 rings (SSSR count). The molecule has 0 saturated carbocycles. The predicted octanol–water partition coefficient (Wildman–Crippen LogP) is 4.89. The van der Waals surface area contributed by atoms with Gasteiger partial charge in [0.25, 0.3) is 0 Å². The van der Waals surface area contributed by atoms with Crippen molar-refractivity contribution in [1.29, 1.82) is 0 Å². The maximum absolute atomic E-state index is 4.81. The first kappa shape index (κ1) is 17.7. The topological polar surface area (TPSA) is 41.1 Å². The van der Waals surface area contributed by atoms with E-state index in [1.54, 1.807) is 11.3 Å². The van der Waals surface area contributed by atoms with Crippen LogP contribution in [0, 0.1) is 6.92 Å². The Morgan fingerprint density at radius 3 is 2.56 bits per heavy atom. The molecule has 5 heteroatoms. The van der Waals surface area contributed by atoms with Crippen molar-refractivity contribution in [1.82, 2.24) is 9.97 Å². The lowest BCUT2D eigenvalue weighted by Gasteiger charge is -2.19. The lowest BCUT2D eigenvalue weighted by atomic mass is 10.1. The highest BCUT2D eigenvalue weighted by Crippen LogP contribution is 2.30. The molecule has 0 spiro atoms. The SMILES string of the molecule is CCN(CC)c1nc(NCCCc2ccccc2)c2cc(C)sc2n1. The number of nitrogens with zero attached hydrogens (tertiary/aromatic N) is 3. The van der Waals surface area contributed by atoms with E-state index in [2.05, 4.69) is 67.4 Å². The number of anilines is 2. The van der Waals surface area contributed by atoms with Crippen LogP contribution in [-0.4, -0.2) is 29.6 Å². The highest BCUT2D eigenvalue weighted by atomic mass is 32.1. The monoisotopic (exact) mass is 354 g/mol. The number of hydrogen-bond acceptors (Lipinski definition) is 5. The maximum Gasteiger partial charge on any atom is 0.228 e. The molecule has 0 aliphatic rings. The molecule has 1 N–H and O–H groups in total. The molecular weight excluding hydrogens is 328 g/mol. The van der Waals surface area contributed by atoms with Gasteiger partial charge in [-0.1, -0.05) is 30.3 Å². The van der Waals surface area contributed by atoms with Crippen molar-refractivity contribution in [3.8, 4) is 0 Å². The lowest BCUT2D eigenvalue weighted by molar-refractivity contribution is 0.822. The minimum atomic E-state index is 0.824. The first-order valence-electron chi connectivity index (χ1n) is 9.02. The molecule has 132 valence electrons. The first-order chi connectivity index (χ1) is 12.2. The van der Waals surface area contributed by atoms with Gasteiger partial charge in [0.15, 0.2) is 0 Å². The van der Waals surface area contributed by atoms with Gasteiger partial charge >= 0.3 is 0 Å². The summed E-state index contributed by atoms with van der Waals surface area (Å²) in [5, 5.41) is 4.68. The van der Waals surface area contributed by atoms with Gasteiger partial charge < -0.3 is 10.2 Å². The van der Waals surface area contributed by atoms with Gasteiger partial charge in [-0.3, -0.25) is 0 Å². The summed E-state index contributed by atoms with van der Waals surface area (Å²) in [5.41, 5.74) is 1.38. The maximum atomic E-state index is 4.81. The highest BCUT2D eigenvalue weighted by molar-refractivity contribution is 7.18. The molecule has 1 aromatic carbocycles. The molecule has 2 heterocycles. The quantitative estimate of drug-likeness (QED) is 0.585. The molecule has 0 aliphatic carbocycles. The van der Waals surface area contributed by atoms with E-state index in [0.29, 0.717) is 0 Å². The summed E-state index contributed by atoms with van der Waals surface area (Å²) in [5.74, 6) is 1.79. The summed E-state index contributed by atoms with van der Waals surface area (Å²) >= 11 is 1.74. The van der Waals surface area contributed by atoms with Gasteiger partial charge in [0.05, 0.1) is 5.39 Å². The van der Waals surface area contributed by atoms with Gasteiger partial charge in [-0.05, 0) is 45.2 Å². The summed E-state index contributed by atoms with van der Waals surface area (Å²) in [4.78, 5) is 14.1. The second kappa shape index (κ2) is 8.30. The van der Waals surface area contributed by atoms with Crippen LogP contribution >= 0.6 is 11.3 Å². The number of benzene rings is 1. The van der Waals surface area contributed by atoms with Crippen LogP contribution < -0.4 is 10.2 Å². The second-order valence-electron chi connectivity index (χ2n) is 6.14. The first-order valence-corrected chi connectivity index (χ1v) is 9.83. The second-order valence-corrected chi connectivity index (χ2v) is 7.37. The summed E-state index contributed by atoms with van der Waals surface area (Å²) in [7, 11) is 0. The van der Waals surface area contributed by atoms with E-state index in [1.807, 2.05) is 0 Å². The molecule has 0 amide bonds. The number of nitrogens with one attached hydrogen (secondary N) is 1. The predicted molar refractivity (Wildman–Crippen MR) is 109 cm³/mol. The number of aromatic nitrogens is 2. The van der Waals surface area contributed by atoms with E-state index in [-0.39, 0.29) is 0 Å². The Balaban J connectivity index is 1.74. The van der Waals surface area contributed by atoms with E-state index in [4.69, 9.17) is 9.97 Å². The Morgan fingerprint density at radius 2 is 1.84 bits per heavy atom. The van der Waals surface area contributed by atoms with Crippen molar-refractivity contribution in [2.75, 3.05) is 29.9 Å². The number of hydrogen-bond donors (Lipinski definition) is 1. The van der Waals surface area contributed by atoms with Crippen molar-refractivity contribution >= 4 is 33.3 Å². The van der Waals surface area contributed by atoms with Crippen LogP contribution in [0.3, 0.4) is 0 Å². The number of rotatable bonds is 8. The standard InChI is InChI=1S/C20H26N4S/c1-4-24(5-2)20-22-18(17-14-15(3)25-19(17)23-20)21-13-9-12-16-10-7-6-8-11-16/h6-8,10-11,14H,4-5,9,12-13H2,1-3H3,(H,21,22,23). The zero-order chi connectivity index (χ0) is 17.6. The van der Waals surface area contributed by atoms with Crippen LogP contribution in [0.2, 0.25) is 0 Å². The number of aryl methyl sites for hydroxylation is 2. The largest absolute Gasteiger partial charge is 0.369 e. The zero-order valence-electron chi connectivity index (χ0n) is 15.2. The van der Waals surface area contributed by atoms with Crippen molar-refractivity contribution in [2.24, 2.45) is 0 Å². The fraction of sp³-hybridized carbons (Fsp3) is 0.400. The van der Waals surface area contributed by atoms with Gasteiger partial charge in [-0.25, -0.2) is 4.98 Å². The van der Waals surface area contributed by atoms with Gasteiger partial charge in [-0.15, -0.1) is 11.3 Å². The average Bonchev–Trinajstić information content (AvgIpc) is 3.01. The molecule has 25 heavy (non-hydrogen) atoms. The van der Waals surface area contributed by atoms with Crippen LogP contribution in [0.4, 0.5) is 11.8 Å². The number of fused-ring (bicyclic) bond motifs is 1. The molecule has 0 atom stereocenters. The van der Waals surface area contributed by atoms with Gasteiger partial charge in [0.1, 0.15) is 10.6 Å². The van der Waals surface area contributed by atoms with Crippen molar-refractivity contribution in [2.45, 2.75) is 33.6 Å². The minimum Gasteiger partial charge on any atom is -0.369 e. The lowest BCUT2D eigenvalue weighted by Crippen LogP contribution is -2.24. The third-order valence-corrected chi connectivity index (χ3v) is 5.27. The summed E-state index contributed by atoms with van der Waals surface area (Å²) in [6.45, 7) is 9.16. The molecule has 4 nitrogen and oxygen atoms in total. The van der Waals surface area contributed by atoms with Gasteiger partial charge in [-0.2, -0.15) is 4.98 Å². The fourth-order valence-corrected chi connectivity index (χ4v) is 3.83. The fourth-order valence-electron chi connectivity index (χ4n) is 2.96. The van der Waals surface area contributed by atoms with Gasteiger partial charge in [0, 0.05) is 24.5 Å². The Hall–Kier alpha value is -2.14. The summed E-state index contributed by atoms with van der Waals surface area (Å²) in [6.07, 6.45) is 2.16. The Kier molecular flexibility index (Phi) is 5.87. The van der Waals surface area contributed by atoms with Crippen LogP contribution in [0.1, 0.15) is 30.7 Å². The molecule has 0 aliphatic heterocycles. The molecular formula is C20H26N4S. The minimum absolute atomic E-state index is 0.824. The third-order valence-electron chi connectivity index (χ3n) is 4.33. The van der Waals surface area contributed by atoms with Crippen LogP contribution in [-0.2, 0) is 6.42 Å². The van der Waals surface area contributed by atoms with E-state index in [9.17, 15) is 0 Å². The normalized spacial score (nSPS) is 11.0. The smallest absolute Gasteiger partial charge is 0.228 e. The molecule has 0 saturated heterocycles. The van der Waals surface area contributed by atoms with E-state index >= 15 is 0 Å². The van der Waals surface area contributed by atoms with Crippen molar-refractivity contribution in [3.63, 3.8) is 0 Å². The third kappa shape index (κ3) is 4.28. The molecule has 0 fully saturated rings. The zero-order valence-corrected chi connectivity index (χ0v) is 16.1. The Morgan fingerprint density at radius 1 is 1.08 bits per heavy atom. The average molecular weight is 355 g/mol.